The van der Waals surface area contributed by atoms with Crippen molar-refractivity contribution in [3.63, 3.8) is 0 Å². The lowest BCUT2D eigenvalue weighted by Gasteiger charge is -2.15. The number of hydrogen-bond acceptors (Lipinski definition) is 6. The van der Waals surface area contributed by atoms with Crippen molar-refractivity contribution in [2.24, 2.45) is 4.99 Å². The Balaban J connectivity index is 1.96. The van der Waals surface area contributed by atoms with Crippen molar-refractivity contribution in [1.29, 1.82) is 0 Å². The summed E-state index contributed by atoms with van der Waals surface area (Å²) < 4.78 is 11.7. The second-order valence-electron chi connectivity index (χ2n) is 6.27. The molecule has 2 aromatic carbocycles. The van der Waals surface area contributed by atoms with Gasteiger partial charge in [-0.05, 0) is 56.0 Å². The highest BCUT2D eigenvalue weighted by atomic mass is 79.9. The summed E-state index contributed by atoms with van der Waals surface area (Å²) in [5, 5.41) is 11.1. The van der Waals surface area contributed by atoms with Gasteiger partial charge in [-0.3, -0.25) is 9.69 Å². The van der Waals surface area contributed by atoms with Crippen molar-refractivity contribution in [3.8, 4) is 11.5 Å². The molecular formula is C22H23BrN2O4S. The number of aromatic hydroxyl groups is 1. The molecule has 6 nitrogen and oxygen atoms in total. The van der Waals surface area contributed by atoms with Gasteiger partial charge in [-0.25, -0.2) is 4.99 Å². The van der Waals surface area contributed by atoms with Crippen LogP contribution < -0.4 is 4.74 Å². The molecule has 1 saturated heterocycles. The van der Waals surface area contributed by atoms with Crippen LogP contribution >= 0.6 is 27.7 Å². The Kier molecular flexibility index (Phi) is 7.95. The predicted octanol–water partition coefficient (Wildman–Crippen LogP) is 5.19. The Hall–Kier alpha value is -2.29. The fourth-order valence-corrected chi connectivity index (χ4v) is 4.28. The lowest BCUT2D eigenvalue weighted by atomic mass is 10.1. The predicted molar refractivity (Wildman–Crippen MR) is 124 cm³/mol. The van der Waals surface area contributed by atoms with E-state index in [4.69, 9.17) is 9.47 Å². The zero-order chi connectivity index (χ0) is 21.5. The minimum atomic E-state index is -0.174. The van der Waals surface area contributed by atoms with E-state index in [0.29, 0.717) is 47.8 Å². The average molecular weight is 491 g/mol. The first-order valence-corrected chi connectivity index (χ1v) is 11.2. The van der Waals surface area contributed by atoms with Gasteiger partial charge in [0.2, 0.25) is 0 Å². The third kappa shape index (κ3) is 5.44. The number of rotatable bonds is 8. The molecule has 8 heteroatoms. The van der Waals surface area contributed by atoms with Gasteiger partial charge in [0.25, 0.3) is 5.91 Å². The summed E-state index contributed by atoms with van der Waals surface area (Å²) in [5.74, 6) is 0.183. The van der Waals surface area contributed by atoms with Crippen LogP contribution in [0.4, 0.5) is 5.69 Å². The molecule has 0 aromatic heterocycles. The first kappa shape index (κ1) is 22.4. The second kappa shape index (κ2) is 10.7. The topological polar surface area (TPSA) is 71.4 Å². The molecule has 0 aliphatic carbocycles. The van der Waals surface area contributed by atoms with E-state index in [1.807, 2.05) is 44.2 Å². The van der Waals surface area contributed by atoms with Crippen molar-refractivity contribution in [1.82, 2.24) is 4.90 Å². The average Bonchev–Trinajstić information content (AvgIpc) is 3.01. The van der Waals surface area contributed by atoms with Gasteiger partial charge in [0.05, 0.1) is 30.4 Å². The van der Waals surface area contributed by atoms with Gasteiger partial charge in [0.15, 0.2) is 16.7 Å². The number of hydrogen-bond donors (Lipinski definition) is 1. The number of amidine groups is 1. The number of nitrogens with zero attached hydrogens (tertiary/aromatic N) is 2. The van der Waals surface area contributed by atoms with E-state index in [0.717, 1.165) is 10.2 Å². The summed E-state index contributed by atoms with van der Waals surface area (Å²) in [6.07, 6.45) is 1.66. The molecule has 0 unspecified atom stereocenters. The van der Waals surface area contributed by atoms with Crippen LogP contribution in [0.2, 0.25) is 0 Å². The Morgan fingerprint density at radius 1 is 1.20 bits per heavy atom. The Morgan fingerprint density at radius 3 is 2.67 bits per heavy atom. The summed E-state index contributed by atoms with van der Waals surface area (Å²) in [6.45, 7) is 5.58. The van der Waals surface area contributed by atoms with E-state index < -0.39 is 0 Å². The normalized spacial score (nSPS) is 16.6. The van der Waals surface area contributed by atoms with Crippen molar-refractivity contribution >= 4 is 50.5 Å². The minimum Gasteiger partial charge on any atom is -0.504 e. The highest BCUT2D eigenvalue weighted by Gasteiger charge is 2.33. The molecule has 158 valence electrons. The van der Waals surface area contributed by atoms with Crippen LogP contribution in [-0.2, 0) is 9.53 Å². The van der Waals surface area contributed by atoms with E-state index in [2.05, 4.69) is 20.9 Å². The van der Waals surface area contributed by atoms with Crippen molar-refractivity contribution in [2.45, 2.75) is 13.8 Å². The molecule has 1 amide bonds. The Morgan fingerprint density at radius 2 is 1.97 bits per heavy atom. The van der Waals surface area contributed by atoms with Crippen LogP contribution in [0.5, 0.6) is 11.5 Å². The molecule has 30 heavy (non-hydrogen) atoms. The number of phenols is 1. The molecule has 1 aliphatic rings. The maximum absolute atomic E-state index is 13.1. The van der Waals surface area contributed by atoms with Crippen LogP contribution in [-0.4, -0.2) is 47.4 Å². The van der Waals surface area contributed by atoms with E-state index in [1.165, 1.54) is 11.8 Å². The third-order valence-electron chi connectivity index (χ3n) is 4.19. The summed E-state index contributed by atoms with van der Waals surface area (Å²) >= 11 is 4.70. The number of aliphatic imine (C=N–C) groups is 1. The summed E-state index contributed by atoms with van der Waals surface area (Å²) in [5.41, 5.74) is 1.26. The number of phenolic OH excluding ortho intramolecular Hbond substituents is 1. The van der Waals surface area contributed by atoms with Crippen LogP contribution in [0.3, 0.4) is 0 Å². The fourth-order valence-electron chi connectivity index (χ4n) is 2.81. The zero-order valence-corrected chi connectivity index (χ0v) is 19.2. The second-order valence-corrected chi connectivity index (χ2v) is 8.19. The first-order chi connectivity index (χ1) is 14.5. The van der Waals surface area contributed by atoms with E-state index in [1.54, 1.807) is 23.1 Å². The first-order valence-electron chi connectivity index (χ1n) is 9.61. The highest BCUT2D eigenvalue weighted by molar-refractivity contribution is 9.10. The maximum atomic E-state index is 13.1. The molecule has 1 heterocycles. The van der Waals surface area contributed by atoms with E-state index in [-0.39, 0.29) is 11.7 Å². The van der Waals surface area contributed by atoms with E-state index in [9.17, 15) is 9.90 Å². The third-order valence-corrected chi connectivity index (χ3v) is 5.65. The number of amides is 1. The van der Waals surface area contributed by atoms with Crippen LogP contribution in [0.15, 0.2) is 56.8 Å². The number of carbonyl (C=O) groups excluding carboxylic acids is 1. The van der Waals surface area contributed by atoms with Gasteiger partial charge in [-0.1, -0.05) is 34.1 Å². The molecule has 0 radical (unpaired) electrons. The van der Waals surface area contributed by atoms with Gasteiger partial charge in [0, 0.05) is 16.6 Å². The van der Waals surface area contributed by atoms with E-state index >= 15 is 0 Å². The molecule has 0 saturated carbocycles. The van der Waals surface area contributed by atoms with Gasteiger partial charge in [0.1, 0.15) is 0 Å². The molecule has 0 atom stereocenters. The summed E-state index contributed by atoms with van der Waals surface area (Å²) in [4.78, 5) is 19.8. The monoisotopic (exact) mass is 490 g/mol. The minimum absolute atomic E-state index is 0.00438. The molecule has 1 N–H and O–H groups in total. The number of carbonyl (C=O) groups is 1. The van der Waals surface area contributed by atoms with Crippen LogP contribution in [0, 0.1) is 0 Å². The Bertz CT molecular complexity index is 963. The number of ether oxygens (including phenoxy) is 2. The van der Waals surface area contributed by atoms with Crippen LogP contribution in [0.1, 0.15) is 19.4 Å². The zero-order valence-electron chi connectivity index (χ0n) is 16.8. The molecule has 3 rings (SSSR count). The fraction of sp³-hybridized carbons (Fsp3) is 0.273. The van der Waals surface area contributed by atoms with Crippen LogP contribution in [0.25, 0.3) is 6.08 Å². The summed E-state index contributed by atoms with van der Waals surface area (Å²) in [7, 11) is 0. The lowest BCUT2D eigenvalue weighted by Crippen LogP contribution is -2.32. The largest absolute Gasteiger partial charge is 0.504 e. The summed E-state index contributed by atoms with van der Waals surface area (Å²) in [6, 6.07) is 12.9. The maximum Gasteiger partial charge on any atom is 0.266 e. The number of benzene rings is 2. The molecule has 0 spiro atoms. The van der Waals surface area contributed by atoms with Gasteiger partial charge < -0.3 is 14.6 Å². The van der Waals surface area contributed by atoms with Gasteiger partial charge in [-0.15, -0.1) is 0 Å². The number of halogens is 1. The van der Waals surface area contributed by atoms with Gasteiger partial charge in [-0.2, -0.15) is 0 Å². The molecular weight excluding hydrogens is 468 g/mol. The Labute approximate surface area is 188 Å². The number of para-hydroxylation sites is 1. The quantitative estimate of drug-likeness (QED) is 0.406. The standard InChI is InChI=1S/C22H23BrN2O4S/c1-3-28-11-10-25-21(27)19(30-22(25)24-17-8-6-5-7-9-17)13-15-12-16(23)14-18(20(15)26)29-4-2/h5-9,12-14,26H,3-4,10-11H2,1-2H3/b19-13-,24-22?. The SMILES string of the molecule is CCOCCN1C(=O)/C(=C/c2cc(Br)cc(OCC)c2O)SC1=Nc1ccccc1. The number of thioether (sulfide) groups is 1. The lowest BCUT2D eigenvalue weighted by molar-refractivity contribution is -0.122. The smallest absolute Gasteiger partial charge is 0.266 e. The van der Waals surface area contributed by atoms with Crippen molar-refractivity contribution in [2.75, 3.05) is 26.4 Å². The van der Waals surface area contributed by atoms with Crippen molar-refractivity contribution in [3.05, 3.63) is 57.4 Å². The van der Waals surface area contributed by atoms with Gasteiger partial charge >= 0.3 is 0 Å². The van der Waals surface area contributed by atoms with Crippen molar-refractivity contribution < 1.29 is 19.4 Å². The molecule has 1 aliphatic heterocycles. The molecule has 1 fully saturated rings. The highest BCUT2D eigenvalue weighted by Crippen LogP contribution is 2.39. The molecule has 2 aromatic rings. The molecule has 0 bridgehead atoms.